The van der Waals surface area contributed by atoms with Crippen molar-refractivity contribution in [2.24, 2.45) is 0 Å². The molecular weight excluding hydrogens is 340 g/mol. The van der Waals surface area contributed by atoms with Crippen molar-refractivity contribution in [3.8, 4) is 11.3 Å². The number of nitrogens with zero attached hydrogens (tertiary/aromatic N) is 2. The van der Waals surface area contributed by atoms with Gasteiger partial charge >= 0.3 is 0 Å². The molecule has 0 radical (unpaired) electrons. The fourth-order valence-corrected chi connectivity index (χ4v) is 3.77. The second-order valence-electron chi connectivity index (χ2n) is 9.05. The Labute approximate surface area is 167 Å². The fraction of sp³-hybridized carbons (Fsp3) is 0.308. The summed E-state index contributed by atoms with van der Waals surface area (Å²) in [4.78, 5) is 9.98. The molecule has 0 aliphatic rings. The van der Waals surface area contributed by atoms with E-state index >= 15 is 0 Å². The van der Waals surface area contributed by atoms with Crippen molar-refractivity contribution in [2.75, 3.05) is 0 Å². The molecule has 1 heterocycles. The van der Waals surface area contributed by atoms with Crippen LogP contribution in [0.3, 0.4) is 0 Å². The van der Waals surface area contributed by atoms with Crippen LogP contribution < -0.4 is 0 Å². The van der Waals surface area contributed by atoms with E-state index in [0.29, 0.717) is 0 Å². The summed E-state index contributed by atoms with van der Waals surface area (Å²) in [5.41, 5.74) is 5.96. The highest BCUT2D eigenvalue weighted by molar-refractivity contribution is 6.10. The number of rotatable bonds is 2. The first kappa shape index (κ1) is 18.6. The fourth-order valence-electron chi connectivity index (χ4n) is 3.77. The van der Waals surface area contributed by atoms with Crippen molar-refractivity contribution in [2.45, 2.75) is 52.9 Å². The molecule has 0 saturated heterocycles. The number of benzene rings is 3. The molecule has 0 unspecified atom stereocenters. The van der Waals surface area contributed by atoms with Crippen LogP contribution in [0.4, 0.5) is 0 Å². The highest BCUT2D eigenvalue weighted by atomic mass is 14.9. The Balaban J connectivity index is 2.04. The number of fused-ring (bicyclic) bond motifs is 3. The second kappa shape index (κ2) is 6.70. The van der Waals surface area contributed by atoms with Gasteiger partial charge in [-0.1, -0.05) is 83.1 Å². The van der Waals surface area contributed by atoms with E-state index in [1.807, 2.05) is 0 Å². The molecule has 28 heavy (non-hydrogen) atoms. The largest absolute Gasteiger partial charge is 0.232 e. The Morgan fingerprint density at radius 2 is 1.54 bits per heavy atom. The SMILES string of the molecule is Cc1cccc2ccc3c(-c4ccc(C(C)(C)C)cc4)nc(C(C)C)nc3c12. The van der Waals surface area contributed by atoms with Gasteiger partial charge in [0.05, 0.1) is 11.2 Å². The van der Waals surface area contributed by atoms with E-state index in [9.17, 15) is 0 Å². The molecule has 0 aliphatic heterocycles. The highest BCUT2D eigenvalue weighted by Crippen LogP contribution is 2.34. The third kappa shape index (κ3) is 3.17. The monoisotopic (exact) mass is 368 g/mol. The zero-order valence-corrected chi connectivity index (χ0v) is 17.7. The topological polar surface area (TPSA) is 25.8 Å². The van der Waals surface area contributed by atoms with Gasteiger partial charge in [-0.05, 0) is 34.9 Å². The number of hydrogen-bond donors (Lipinski definition) is 0. The summed E-state index contributed by atoms with van der Waals surface area (Å²) in [5, 5.41) is 3.58. The van der Waals surface area contributed by atoms with Gasteiger partial charge < -0.3 is 0 Å². The van der Waals surface area contributed by atoms with E-state index in [1.54, 1.807) is 0 Å². The van der Waals surface area contributed by atoms with Crippen LogP contribution in [0.1, 0.15) is 57.5 Å². The van der Waals surface area contributed by atoms with Crippen molar-refractivity contribution < 1.29 is 0 Å². The molecule has 0 saturated carbocycles. The molecule has 2 nitrogen and oxygen atoms in total. The third-order valence-corrected chi connectivity index (χ3v) is 5.48. The average Bonchev–Trinajstić information content (AvgIpc) is 2.66. The zero-order chi connectivity index (χ0) is 20.1. The summed E-state index contributed by atoms with van der Waals surface area (Å²) in [5.74, 6) is 1.18. The first-order valence-electron chi connectivity index (χ1n) is 10.1. The van der Waals surface area contributed by atoms with Crippen molar-refractivity contribution in [1.82, 2.24) is 9.97 Å². The van der Waals surface area contributed by atoms with Gasteiger partial charge in [-0.3, -0.25) is 0 Å². The third-order valence-electron chi connectivity index (χ3n) is 5.48. The molecule has 4 aromatic rings. The molecule has 3 aromatic carbocycles. The molecule has 2 heteroatoms. The van der Waals surface area contributed by atoms with Crippen LogP contribution in [-0.2, 0) is 5.41 Å². The molecule has 0 atom stereocenters. The molecule has 0 N–H and O–H groups in total. The van der Waals surface area contributed by atoms with E-state index in [0.717, 1.165) is 28.0 Å². The van der Waals surface area contributed by atoms with E-state index in [1.165, 1.54) is 21.9 Å². The van der Waals surface area contributed by atoms with Crippen LogP contribution in [0, 0.1) is 6.92 Å². The molecule has 0 fully saturated rings. The Morgan fingerprint density at radius 1 is 0.821 bits per heavy atom. The molecule has 0 spiro atoms. The van der Waals surface area contributed by atoms with Crippen molar-refractivity contribution >= 4 is 21.7 Å². The first-order valence-corrected chi connectivity index (χ1v) is 10.1. The van der Waals surface area contributed by atoms with E-state index in [4.69, 9.17) is 9.97 Å². The minimum absolute atomic E-state index is 0.142. The predicted octanol–water partition coefficient (Wildman–Crippen LogP) is 7.18. The molecule has 4 rings (SSSR count). The Hall–Kier alpha value is -2.74. The normalized spacial score (nSPS) is 12.2. The maximum absolute atomic E-state index is 5.00. The summed E-state index contributed by atoms with van der Waals surface area (Å²) in [6, 6.07) is 19.7. The standard InChI is InChI=1S/C26H28N2/c1-16(2)25-27-23(19-10-13-20(14-11-19)26(4,5)6)21-15-12-18-9-7-8-17(3)22(18)24(21)28-25/h7-16H,1-6H3. The number of aromatic nitrogens is 2. The lowest BCUT2D eigenvalue weighted by Crippen LogP contribution is -2.10. The predicted molar refractivity (Wildman–Crippen MR) is 120 cm³/mol. The Kier molecular flexibility index (Phi) is 4.45. The van der Waals surface area contributed by atoms with E-state index in [2.05, 4.69) is 96.1 Å². The maximum Gasteiger partial charge on any atom is 0.132 e. The minimum atomic E-state index is 0.142. The van der Waals surface area contributed by atoms with Gasteiger partial charge in [-0.15, -0.1) is 0 Å². The Bertz CT molecular complexity index is 1160. The van der Waals surface area contributed by atoms with Crippen LogP contribution >= 0.6 is 0 Å². The smallest absolute Gasteiger partial charge is 0.132 e. The van der Waals surface area contributed by atoms with Gasteiger partial charge in [0, 0.05) is 22.3 Å². The molecule has 0 bridgehead atoms. The molecule has 0 aliphatic carbocycles. The summed E-state index contributed by atoms with van der Waals surface area (Å²) < 4.78 is 0. The van der Waals surface area contributed by atoms with Gasteiger partial charge in [0.15, 0.2) is 0 Å². The van der Waals surface area contributed by atoms with Gasteiger partial charge in [0.1, 0.15) is 5.82 Å². The van der Waals surface area contributed by atoms with Gasteiger partial charge in [-0.2, -0.15) is 0 Å². The summed E-state index contributed by atoms with van der Waals surface area (Å²) in [7, 11) is 0. The Morgan fingerprint density at radius 3 is 2.18 bits per heavy atom. The van der Waals surface area contributed by atoms with E-state index < -0.39 is 0 Å². The number of aryl methyl sites for hydroxylation is 1. The summed E-state index contributed by atoms with van der Waals surface area (Å²) >= 11 is 0. The second-order valence-corrected chi connectivity index (χ2v) is 9.05. The summed E-state index contributed by atoms with van der Waals surface area (Å²) in [6.07, 6.45) is 0. The molecule has 1 aromatic heterocycles. The highest BCUT2D eigenvalue weighted by Gasteiger charge is 2.17. The molecule has 0 amide bonds. The number of hydrogen-bond acceptors (Lipinski definition) is 2. The lowest BCUT2D eigenvalue weighted by molar-refractivity contribution is 0.590. The van der Waals surface area contributed by atoms with Crippen LogP contribution in [-0.4, -0.2) is 9.97 Å². The van der Waals surface area contributed by atoms with Crippen LogP contribution in [0.2, 0.25) is 0 Å². The zero-order valence-electron chi connectivity index (χ0n) is 17.7. The van der Waals surface area contributed by atoms with Crippen molar-refractivity contribution in [3.05, 3.63) is 71.5 Å². The lowest BCUT2D eigenvalue weighted by atomic mass is 9.86. The van der Waals surface area contributed by atoms with Crippen molar-refractivity contribution in [3.63, 3.8) is 0 Å². The van der Waals surface area contributed by atoms with E-state index in [-0.39, 0.29) is 11.3 Å². The van der Waals surface area contributed by atoms with Gasteiger partial charge in [0.2, 0.25) is 0 Å². The van der Waals surface area contributed by atoms with Gasteiger partial charge in [0.25, 0.3) is 0 Å². The molecule has 142 valence electrons. The average molecular weight is 369 g/mol. The van der Waals surface area contributed by atoms with Crippen molar-refractivity contribution in [1.29, 1.82) is 0 Å². The quantitative estimate of drug-likeness (QED) is 0.350. The van der Waals surface area contributed by atoms with Crippen LogP contribution in [0.5, 0.6) is 0 Å². The lowest BCUT2D eigenvalue weighted by Gasteiger charge is -2.19. The van der Waals surface area contributed by atoms with Crippen LogP contribution in [0.15, 0.2) is 54.6 Å². The van der Waals surface area contributed by atoms with Gasteiger partial charge in [-0.25, -0.2) is 9.97 Å². The minimum Gasteiger partial charge on any atom is -0.232 e. The maximum atomic E-state index is 5.00. The first-order chi connectivity index (χ1) is 13.3. The van der Waals surface area contributed by atoms with Crippen LogP contribution in [0.25, 0.3) is 32.9 Å². The molecular formula is C26H28N2. The summed E-state index contributed by atoms with van der Waals surface area (Å²) in [6.45, 7) is 13.2.